The Morgan fingerprint density at radius 3 is 2.30 bits per heavy atom. The van der Waals surface area contributed by atoms with E-state index < -0.39 is 17.3 Å². The lowest BCUT2D eigenvalue weighted by Crippen LogP contribution is -2.60. The standard InChI is InChI=1S/C15H27NO4/c1-13(2,3)20-12(17)16-11-14(5-4-6-14)15(18)7-9-19-10-8-15/h18H,4-11H2,1-3H3,(H,16,17). The SMILES string of the molecule is CC(C)(C)OC(=O)NCC1(C2(O)CCOCC2)CCC1. The Morgan fingerprint density at radius 2 is 1.85 bits per heavy atom. The van der Waals surface area contributed by atoms with Crippen molar-refractivity contribution in [3.8, 4) is 0 Å². The average molecular weight is 285 g/mol. The molecule has 2 rings (SSSR count). The third-order valence-corrected chi connectivity index (χ3v) is 4.59. The van der Waals surface area contributed by atoms with Gasteiger partial charge in [0.05, 0.1) is 5.60 Å². The maximum absolute atomic E-state index is 11.8. The molecule has 0 aromatic carbocycles. The summed E-state index contributed by atoms with van der Waals surface area (Å²) in [5.41, 5.74) is -1.40. The van der Waals surface area contributed by atoms with Gasteiger partial charge in [-0.1, -0.05) is 6.42 Å². The fourth-order valence-electron chi connectivity index (χ4n) is 3.21. The van der Waals surface area contributed by atoms with Gasteiger partial charge >= 0.3 is 6.09 Å². The van der Waals surface area contributed by atoms with Crippen molar-refractivity contribution in [3.63, 3.8) is 0 Å². The number of alkyl carbamates (subject to hydrolysis) is 1. The number of carbonyl (C=O) groups is 1. The summed E-state index contributed by atoms with van der Waals surface area (Å²) < 4.78 is 10.6. The first kappa shape index (κ1) is 15.6. The van der Waals surface area contributed by atoms with Crippen LogP contribution in [-0.4, -0.2) is 42.2 Å². The lowest BCUT2D eigenvalue weighted by molar-refractivity contribution is -0.172. The topological polar surface area (TPSA) is 67.8 Å². The zero-order valence-electron chi connectivity index (χ0n) is 12.8. The number of rotatable bonds is 3. The van der Waals surface area contributed by atoms with Crippen LogP contribution in [0.1, 0.15) is 52.9 Å². The summed E-state index contributed by atoms with van der Waals surface area (Å²) in [6, 6.07) is 0. The van der Waals surface area contributed by atoms with Crippen molar-refractivity contribution in [2.45, 2.75) is 64.1 Å². The lowest BCUT2D eigenvalue weighted by Gasteiger charge is -2.54. The van der Waals surface area contributed by atoms with Crippen molar-refractivity contribution in [1.82, 2.24) is 5.32 Å². The third kappa shape index (κ3) is 3.26. The molecule has 0 aromatic rings. The molecule has 1 aliphatic carbocycles. The smallest absolute Gasteiger partial charge is 0.407 e. The molecule has 0 unspecified atom stereocenters. The van der Waals surface area contributed by atoms with Crippen LogP contribution in [0.4, 0.5) is 4.79 Å². The van der Waals surface area contributed by atoms with Crippen molar-refractivity contribution in [2.24, 2.45) is 5.41 Å². The first-order valence-electron chi connectivity index (χ1n) is 7.53. The summed E-state index contributed by atoms with van der Waals surface area (Å²) in [5, 5.41) is 13.8. The Kier molecular flexibility index (Phi) is 4.30. The second-order valence-corrected chi connectivity index (χ2v) is 7.13. The molecule has 2 N–H and O–H groups in total. The molecule has 5 heteroatoms. The van der Waals surface area contributed by atoms with Crippen LogP contribution >= 0.6 is 0 Å². The number of hydrogen-bond donors (Lipinski definition) is 2. The molecule has 5 nitrogen and oxygen atoms in total. The molecular weight excluding hydrogens is 258 g/mol. The maximum atomic E-state index is 11.8. The van der Waals surface area contributed by atoms with E-state index in [4.69, 9.17) is 9.47 Å². The predicted octanol–water partition coefficient (Wildman–Crippen LogP) is 2.22. The molecule has 1 saturated carbocycles. The van der Waals surface area contributed by atoms with Crippen LogP contribution in [0.25, 0.3) is 0 Å². The Balaban J connectivity index is 1.93. The number of carbonyl (C=O) groups excluding carboxylic acids is 1. The molecule has 0 atom stereocenters. The number of ether oxygens (including phenoxy) is 2. The van der Waals surface area contributed by atoms with Crippen LogP contribution in [0.3, 0.4) is 0 Å². The molecule has 1 heterocycles. The van der Waals surface area contributed by atoms with Crippen molar-refractivity contribution < 1.29 is 19.4 Å². The lowest BCUT2D eigenvalue weighted by atomic mass is 9.56. The minimum atomic E-state index is -0.710. The van der Waals surface area contributed by atoms with Crippen molar-refractivity contribution in [1.29, 1.82) is 0 Å². The molecule has 0 bridgehead atoms. The van der Waals surface area contributed by atoms with Crippen molar-refractivity contribution in [3.05, 3.63) is 0 Å². The molecule has 0 spiro atoms. The monoisotopic (exact) mass is 285 g/mol. The van der Waals surface area contributed by atoms with E-state index in [9.17, 15) is 9.90 Å². The number of nitrogens with one attached hydrogen (secondary N) is 1. The zero-order chi connectivity index (χ0) is 14.9. The Hall–Kier alpha value is -0.810. The highest BCUT2D eigenvalue weighted by molar-refractivity contribution is 5.67. The molecular formula is C15H27NO4. The van der Waals surface area contributed by atoms with E-state index in [1.807, 2.05) is 20.8 Å². The van der Waals surface area contributed by atoms with Gasteiger partial charge in [0.15, 0.2) is 0 Å². The van der Waals surface area contributed by atoms with E-state index in [0.717, 1.165) is 19.3 Å². The zero-order valence-corrected chi connectivity index (χ0v) is 12.8. The van der Waals surface area contributed by atoms with Gasteiger partial charge in [0.1, 0.15) is 5.60 Å². The minimum Gasteiger partial charge on any atom is -0.444 e. The maximum Gasteiger partial charge on any atom is 0.407 e. The normalized spacial score (nSPS) is 24.6. The van der Waals surface area contributed by atoms with Crippen molar-refractivity contribution in [2.75, 3.05) is 19.8 Å². The molecule has 1 amide bonds. The third-order valence-electron chi connectivity index (χ3n) is 4.59. The summed E-state index contributed by atoms with van der Waals surface area (Å²) in [7, 11) is 0. The quantitative estimate of drug-likeness (QED) is 0.834. The molecule has 1 saturated heterocycles. The van der Waals surface area contributed by atoms with E-state index >= 15 is 0 Å². The van der Waals surface area contributed by atoms with Crippen molar-refractivity contribution >= 4 is 6.09 Å². The van der Waals surface area contributed by atoms with Gasteiger partial charge < -0.3 is 19.9 Å². The predicted molar refractivity (Wildman–Crippen MR) is 75.5 cm³/mol. The molecule has 0 aromatic heterocycles. The largest absolute Gasteiger partial charge is 0.444 e. The van der Waals surface area contributed by atoms with Gasteiger partial charge in [-0.2, -0.15) is 0 Å². The Morgan fingerprint density at radius 1 is 1.25 bits per heavy atom. The number of amides is 1. The highest BCUT2D eigenvalue weighted by Crippen LogP contribution is 2.52. The van der Waals surface area contributed by atoms with Crippen LogP contribution in [0, 0.1) is 5.41 Å². The van der Waals surface area contributed by atoms with Crippen LogP contribution in [0.2, 0.25) is 0 Å². The summed E-state index contributed by atoms with van der Waals surface area (Å²) in [5.74, 6) is 0. The van der Waals surface area contributed by atoms with Crippen LogP contribution in [0.15, 0.2) is 0 Å². The first-order valence-corrected chi connectivity index (χ1v) is 7.53. The summed E-state index contributed by atoms with van der Waals surface area (Å²) in [4.78, 5) is 11.8. The number of aliphatic hydroxyl groups is 1. The fraction of sp³-hybridized carbons (Fsp3) is 0.933. The first-order chi connectivity index (χ1) is 9.27. The van der Waals surface area contributed by atoms with Gasteiger partial charge in [-0.3, -0.25) is 0 Å². The van der Waals surface area contributed by atoms with E-state index in [0.29, 0.717) is 32.6 Å². The van der Waals surface area contributed by atoms with Gasteiger partial charge in [0.2, 0.25) is 0 Å². The molecule has 2 aliphatic rings. The van der Waals surface area contributed by atoms with E-state index in [1.165, 1.54) is 0 Å². The van der Waals surface area contributed by atoms with Gasteiger partial charge in [0.25, 0.3) is 0 Å². The Labute approximate surface area is 121 Å². The second-order valence-electron chi connectivity index (χ2n) is 7.13. The molecule has 20 heavy (non-hydrogen) atoms. The molecule has 116 valence electrons. The van der Waals surface area contributed by atoms with Crippen LogP contribution in [0.5, 0.6) is 0 Å². The summed E-state index contributed by atoms with van der Waals surface area (Å²) in [6.45, 7) is 7.22. The summed E-state index contributed by atoms with van der Waals surface area (Å²) in [6.07, 6.45) is 3.93. The van der Waals surface area contributed by atoms with E-state index in [2.05, 4.69) is 5.32 Å². The van der Waals surface area contributed by atoms with E-state index in [-0.39, 0.29) is 5.41 Å². The summed E-state index contributed by atoms with van der Waals surface area (Å²) >= 11 is 0. The highest BCUT2D eigenvalue weighted by Gasteiger charge is 2.54. The fourth-order valence-corrected chi connectivity index (χ4v) is 3.21. The minimum absolute atomic E-state index is 0.201. The molecule has 1 aliphatic heterocycles. The van der Waals surface area contributed by atoms with Gasteiger partial charge in [-0.15, -0.1) is 0 Å². The number of hydrogen-bond acceptors (Lipinski definition) is 4. The van der Waals surface area contributed by atoms with Gasteiger partial charge in [-0.25, -0.2) is 4.79 Å². The van der Waals surface area contributed by atoms with Crippen LogP contribution in [-0.2, 0) is 9.47 Å². The Bertz CT molecular complexity index is 351. The highest BCUT2D eigenvalue weighted by atomic mass is 16.6. The van der Waals surface area contributed by atoms with E-state index in [1.54, 1.807) is 0 Å². The molecule has 2 fully saturated rings. The van der Waals surface area contributed by atoms with Crippen LogP contribution < -0.4 is 5.32 Å². The molecule has 0 radical (unpaired) electrons. The second kappa shape index (κ2) is 5.53. The average Bonchev–Trinajstić information content (AvgIpc) is 2.25. The van der Waals surface area contributed by atoms with Gasteiger partial charge in [0, 0.05) is 38.0 Å². The van der Waals surface area contributed by atoms with Gasteiger partial charge in [-0.05, 0) is 33.6 Å².